The van der Waals surface area contributed by atoms with E-state index in [-0.39, 0.29) is 0 Å². The highest BCUT2D eigenvalue weighted by Crippen LogP contribution is 2.21. The van der Waals surface area contributed by atoms with Gasteiger partial charge in [0.1, 0.15) is 0 Å². The molecule has 1 atom stereocenters. The van der Waals surface area contributed by atoms with E-state index in [1.165, 1.54) is 5.56 Å². The van der Waals surface area contributed by atoms with Crippen molar-refractivity contribution in [3.63, 3.8) is 0 Å². The Labute approximate surface area is 84.4 Å². The maximum absolute atomic E-state index is 9.74. The summed E-state index contributed by atoms with van der Waals surface area (Å²) in [6.45, 7) is 4.03. The van der Waals surface area contributed by atoms with Crippen molar-refractivity contribution in [3.8, 4) is 0 Å². The van der Waals surface area contributed by atoms with Gasteiger partial charge in [-0.2, -0.15) is 0 Å². The van der Waals surface area contributed by atoms with Crippen molar-refractivity contribution in [3.05, 3.63) is 34.9 Å². The van der Waals surface area contributed by atoms with Crippen LogP contribution in [0.4, 0.5) is 0 Å². The van der Waals surface area contributed by atoms with Gasteiger partial charge in [0.05, 0.1) is 6.10 Å². The molecule has 0 unspecified atom stereocenters. The van der Waals surface area contributed by atoms with Crippen LogP contribution >= 0.6 is 11.6 Å². The molecule has 0 saturated carbocycles. The summed E-state index contributed by atoms with van der Waals surface area (Å²) in [6, 6.07) is 6.10. The summed E-state index contributed by atoms with van der Waals surface area (Å²) in [5.74, 6) is 0.495. The third kappa shape index (κ3) is 2.71. The van der Waals surface area contributed by atoms with Gasteiger partial charge < -0.3 is 5.11 Å². The lowest BCUT2D eigenvalue weighted by Crippen LogP contribution is -2.01. The SMILES string of the molecule is Cc1ccc(C)c([C@@H](O)CCCl)c1. The third-order valence-electron chi connectivity index (χ3n) is 2.18. The van der Waals surface area contributed by atoms with Crippen LogP contribution in [0, 0.1) is 13.8 Å². The molecule has 2 heteroatoms. The van der Waals surface area contributed by atoms with Gasteiger partial charge in [0.2, 0.25) is 0 Å². The largest absolute Gasteiger partial charge is 0.388 e. The molecule has 0 amide bonds. The maximum atomic E-state index is 9.74. The smallest absolute Gasteiger partial charge is 0.0804 e. The van der Waals surface area contributed by atoms with Gasteiger partial charge in [-0.15, -0.1) is 11.6 Å². The minimum atomic E-state index is -0.419. The van der Waals surface area contributed by atoms with Crippen molar-refractivity contribution in [2.45, 2.75) is 26.4 Å². The summed E-state index contributed by atoms with van der Waals surface area (Å²) >= 11 is 5.58. The fourth-order valence-electron chi connectivity index (χ4n) is 1.38. The first-order chi connectivity index (χ1) is 6.15. The second-order valence-corrected chi connectivity index (χ2v) is 3.73. The Bertz CT molecular complexity index is 283. The van der Waals surface area contributed by atoms with Gasteiger partial charge in [-0.05, 0) is 31.4 Å². The second-order valence-electron chi connectivity index (χ2n) is 3.35. The van der Waals surface area contributed by atoms with E-state index in [0.717, 1.165) is 11.1 Å². The van der Waals surface area contributed by atoms with E-state index >= 15 is 0 Å². The molecule has 1 rings (SSSR count). The molecule has 0 fully saturated rings. The molecule has 0 aromatic heterocycles. The number of alkyl halides is 1. The molecule has 0 bridgehead atoms. The van der Waals surface area contributed by atoms with Crippen molar-refractivity contribution in [1.82, 2.24) is 0 Å². The summed E-state index contributed by atoms with van der Waals surface area (Å²) in [5, 5.41) is 9.74. The van der Waals surface area contributed by atoms with Crippen LogP contribution in [0.5, 0.6) is 0 Å². The molecular formula is C11H15ClO. The predicted octanol–water partition coefficient (Wildman–Crippen LogP) is 2.97. The van der Waals surface area contributed by atoms with E-state index in [0.29, 0.717) is 12.3 Å². The first-order valence-electron chi connectivity index (χ1n) is 4.46. The van der Waals surface area contributed by atoms with Crippen LogP contribution in [0.3, 0.4) is 0 Å². The maximum Gasteiger partial charge on any atom is 0.0804 e. The highest BCUT2D eigenvalue weighted by Gasteiger charge is 2.09. The zero-order valence-corrected chi connectivity index (χ0v) is 8.80. The molecule has 0 aliphatic heterocycles. The number of rotatable bonds is 3. The summed E-state index contributed by atoms with van der Waals surface area (Å²) in [5.41, 5.74) is 3.30. The van der Waals surface area contributed by atoms with Crippen LogP contribution in [-0.2, 0) is 0 Å². The van der Waals surface area contributed by atoms with Crippen LogP contribution in [0.25, 0.3) is 0 Å². The fourth-order valence-corrected chi connectivity index (χ4v) is 1.58. The van der Waals surface area contributed by atoms with E-state index in [4.69, 9.17) is 11.6 Å². The molecule has 0 aliphatic rings. The summed E-state index contributed by atoms with van der Waals surface area (Å²) < 4.78 is 0. The molecule has 1 aromatic rings. The number of aliphatic hydroxyl groups excluding tert-OH is 1. The zero-order valence-electron chi connectivity index (χ0n) is 8.05. The fraction of sp³-hybridized carbons (Fsp3) is 0.455. The second kappa shape index (κ2) is 4.64. The Hall–Kier alpha value is -0.530. The van der Waals surface area contributed by atoms with Crippen molar-refractivity contribution in [2.24, 2.45) is 0 Å². The Morgan fingerprint density at radius 2 is 2.08 bits per heavy atom. The first-order valence-corrected chi connectivity index (χ1v) is 4.99. The number of aliphatic hydroxyl groups is 1. The van der Waals surface area contributed by atoms with E-state index in [1.54, 1.807) is 0 Å². The molecule has 1 nitrogen and oxygen atoms in total. The van der Waals surface area contributed by atoms with Crippen molar-refractivity contribution in [1.29, 1.82) is 0 Å². The van der Waals surface area contributed by atoms with Crippen LogP contribution in [0.1, 0.15) is 29.2 Å². The Balaban J connectivity index is 2.91. The average molecular weight is 199 g/mol. The van der Waals surface area contributed by atoms with Gasteiger partial charge in [-0.3, -0.25) is 0 Å². The quantitative estimate of drug-likeness (QED) is 0.741. The molecule has 72 valence electrons. The van der Waals surface area contributed by atoms with Crippen LogP contribution < -0.4 is 0 Å². The Morgan fingerprint density at radius 1 is 1.38 bits per heavy atom. The molecule has 13 heavy (non-hydrogen) atoms. The minimum Gasteiger partial charge on any atom is -0.388 e. The minimum absolute atomic E-state index is 0.419. The van der Waals surface area contributed by atoms with Gasteiger partial charge in [0.15, 0.2) is 0 Å². The van der Waals surface area contributed by atoms with Crippen molar-refractivity contribution in [2.75, 3.05) is 5.88 Å². The van der Waals surface area contributed by atoms with Crippen molar-refractivity contribution < 1.29 is 5.11 Å². The number of benzene rings is 1. The molecular weight excluding hydrogens is 184 g/mol. The molecule has 0 aliphatic carbocycles. The van der Waals surface area contributed by atoms with E-state index in [9.17, 15) is 5.11 Å². The van der Waals surface area contributed by atoms with Gasteiger partial charge in [0.25, 0.3) is 0 Å². The molecule has 0 spiro atoms. The zero-order chi connectivity index (χ0) is 9.84. The molecule has 0 heterocycles. The summed E-state index contributed by atoms with van der Waals surface area (Å²) in [6.07, 6.45) is 0.198. The Morgan fingerprint density at radius 3 is 2.69 bits per heavy atom. The van der Waals surface area contributed by atoms with Crippen LogP contribution in [0.2, 0.25) is 0 Å². The molecule has 0 radical (unpaired) electrons. The lowest BCUT2D eigenvalue weighted by molar-refractivity contribution is 0.174. The number of hydrogen-bond donors (Lipinski definition) is 1. The average Bonchev–Trinajstić information content (AvgIpc) is 2.09. The summed E-state index contributed by atoms with van der Waals surface area (Å²) in [7, 11) is 0. The van der Waals surface area contributed by atoms with Crippen LogP contribution in [-0.4, -0.2) is 11.0 Å². The lowest BCUT2D eigenvalue weighted by atomic mass is 9.99. The van der Waals surface area contributed by atoms with Gasteiger partial charge in [-0.1, -0.05) is 23.8 Å². The van der Waals surface area contributed by atoms with Crippen LogP contribution in [0.15, 0.2) is 18.2 Å². The third-order valence-corrected chi connectivity index (χ3v) is 2.39. The number of halogens is 1. The highest BCUT2D eigenvalue weighted by molar-refractivity contribution is 6.17. The highest BCUT2D eigenvalue weighted by atomic mass is 35.5. The van der Waals surface area contributed by atoms with Gasteiger partial charge in [-0.25, -0.2) is 0 Å². The molecule has 1 aromatic carbocycles. The monoisotopic (exact) mass is 198 g/mol. The van der Waals surface area contributed by atoms with Gasteiger partial charge >= 0.3 is 0 Å². The lowest BCUT2D eigenvalue weighted by Gasteiger charge is -2.12. The normalized spacial score (nSPS) is 12.9. The topological polar surface area (TPSA) is 20.2 Å². The number of hydrogen-bond acceptors (Lipinski definition) is 1. The van der Waals surface area contributed by atoms with Gasteiger partial charge in [0, 0.05) is 5.88 Å². The first kappa shape index (κ1) is 10.6. The summed E-state index contributed by atoms with van der Waals surface area (Å²) in [4.78, 5) is 0. The molecule has 0 saturated heterocycles. The number of aryl methyl sites for hydroxylation is 2. The Kier molecular flexibility index (Phi) is 3.76. The predicted molar refractivity (Wildman–Crippen MR) is 56.2 cm³/mol. The van der Waals surface area contributed by atoms with E-state index in [1.807, 2.05) is 32.0 Å². The standard InChI is InChI=1S/C11H15ClO/c1-8-3-4-9(2)10(7-8)11(13)5-6-12/h3-4,7,11,13H,5-6H2,1-2H3/t11-/m0/s1. The van der Waals surface area contributed by atoms with E-state index < -0.39 is 6.10 Å². The molecule has 1 N–H and O–H groups in total. The van der Waals surface area contributed by atoms with Crippen molar-refractivity contribution >= 4 is 11.6 Å². The van der Waals surface area contributed by atoms with E-state index in [2.05, 4.69) is 0 Å².